The van der Waals surface area contributed by atoms with Gasteiger partial charge in [-0.15, -0.1) is 0 Å². The first-order chi connectivity index (χ1) is 22.8. The Morgan fingerprint density at radius 1 is 1.02 bits per heavy atom. The lowest BCUT2D eigenvalue weighted by atomic mass is 9.50. The summed E-state index contributed by atoms with van der Waals surface area (Å²) in [6, 6.07) is 10.3. The van der Waals surface area contributed by atoms with Crippen LogP contribution in [0.25, 0.3) is 0 Å². The van der Waals surface area contributed by atoms with Gasteiger partial charge in [0.25, 0.3) is 0 Å². The van der Waals surface area contributed by atoms with Gasteiger partial charge in [-0.25, -0.2) is 14.4 Å². The number of aliphatic hydroxyl groups is 2. The maximum absolute atomic E-state index is 13.1. The molecule has 48 heavy (non-hydrogen) atoms. The SMILES string of the molecule is CN1CC[C@]23c4c5ccc(O)c4O[C@H]2C(OC(=O)C[C@H](O)C(=O)O[C@H](C(=O)O[C@@H](CC(=O)O)C(=O)O)c2ccccc2)=CC[C@@]3(O)[C@@H]1C5. The number of benzene rings is 2. The van der Waals surface area contributed by atoms with Gasteiger partial charge in [-0.1, -0.05) is 36.4 Å². The van der Waals surface area contributed by atoms with Crippen LogP contribution in [0.3, 0.4) is 0 Å². The van der Waals surface area contributed by atoms with Crippen molar-refractivity contribution >= 4 is 29.8 Å². The Morgan fingerprint density at radius 2 is 1.75 bits per heavy atom. The molecule has 7 atom stereocenters. The highest BCUT2D eigenvalue weighted by Gasteiger charge is 2.72. The summed E-state index contributed by atoms with van der Waals surface area (Å²) in [7, 11) is 1.93. The van der Waals surface area contributed by atoms with Crippen molar-refractivity contribution in [1.29, 1.82) is 0 Å². The molecule has 4 aliphatic rings. The van der Waals surface area contributed by atoms with Crippen molar-refractivity contribution in [3.05, 3.63) is 71.0 Å². The van der Waals surface area contributed by atoms with E-state index in [4.69, 9.17) is 24.1 Å². The normalized spacial score (nSPS) is 26.9. The van der Waals surface area contributed by atoms with Gasteiger partial charge in [-0.3, -0.25) is 9.59 Å². The zero-order valence-corrected chi connectivity index (χ0v) is 25.6. The van der Waals surface area contributed by atoms with Crippen LogP contribution in [0.1, 0.15) is 48.5 Å². The van der Waals surface area contributed by atoms with Crippen molar-refractivity contribution in [2.75, 3.05) is 13.6 Å². The van der Waals surface area contributed by atoms with Crippen LogP contribution in [-0.2, 0) is 50.0 Å². The fraction of sp³-hybridized carbons (Fsp3) is 0.424. The number of nitrogens with zero attached hydrogens (tertiary/aromatic N) is 1. The molecule has 0 unspecified atom stereocenters. The number of rotatable bonds is 11. The number of carbonyl (C=O) groups is 5. The molecule has 15 nitrogen and oxygen atoms in total. The summed E-state index contributed by atoms with van der Waals surface area (Å²) in [5, 5.41) is 51.7. The fourth-order valence-electron chi connectivity index (χ4n) is 7.47. The molecule has 1 spiro atoms. The second-order valence-corrected chi connectivity index (χ2v) is 12.4. The van der Waals surface area contributed by atoms with Crippen LogP contribution in [0.2, 0.25) is 0 Å². The first-order valence-corrected chi connectivity index (χ1v) is 15.2. The van der Waals surface area contributed by atoms with E-state index in [0.29, 0.717) is 24.9 Å². The third-order valence-electron chi connectivity index (χ3n) is 9.66. The minimum atomic E-state index is -2.15. The maximum Gasteiger partial charge on any atom is 0.353 e. The molecule has 2 aromatic carbocycles. The molecular formula is C33H33NO14. The highest BCUT2D eigenvalue weighted by atomic mass is 16.6. The van der Waals surface area contributed by atoms with Crippen molar-refractivity contribution in [2.45, 2.75) is 73.6 Å². The number of phenolic OH excluding ortho intramolecular Hbond substituents is 1. The molecule has 0 amide bonds. The molecule has 15 heteroatoms. The number of hydrogen-bond donors (Lipinski definition) is 5. The van der Waals surface area contributed by atoms with Gasteiger partial charge in [0, 0.05) is 23.6 Å². The predicted molar refractivity (Wildman–Crippen MR) is 158 cm³/mol. The molecule has 2 aliphatic carbocycles. The van der Waals surface area contributed by atoms with Crippen LogP contribution in [0.15, 0.2) is 54.3 Å². The number of piperidine rings is 1. The zero-order chi connectivity index (χ0) is 34.5. The molecular weight excluding hydrogens is 634 g/mol. The van der Waals surface area contributed by atoms with E-state index in [-0.39, 0.29) is 35.3 Å². The molecule has 2 aromatic rings. The van der Waals surface area contributed by atoms with E-state index in [0.717, 1.165) is 5.56 Å². The number of aliphatic hydroxyl groups excluding tert-OH is 1. The molecule has 0 aromatic heterocycles. The number of likely N-dealkylation sites (N-methyl/N-ethyl adjacent to an activating group) is 1. The first-order valence-electron chi connectivity index (χ1n) is 15.2. The molecule has 1 saturated heterocycles. The van der Waals surface area contributed by atoms with E-state index < -0.39 is 78.1 Å². The van der Waals surface area contributed by atoms with Gasteiger partial charge in [-0.2, -0.15) is 0 Å². The Labute approximate surface area is 272 Å². The number of carboxylic acid groups (broad SMARTS) is 2. The van der Waals surface area contributed by atoms with Crippen LogP contribution >= 0.6 is 0 Å². The molecule has 6 rings (SSSR count). The summed E-state index contributed by atoms with van der Waals surface area (Å²) < 4.78 is 21.8. The molecule has 2 heterocycles. The van der Waals surface area contributed by atoms with Crippen LogP contribution in [0.4, 0.5) is 0 Å². The average Bonchev–Trinajstić information content (AvgIpc) is 3.40. The number of likely N-dealkylation sites (tertiary alicyclic amines) is 1. The van der Waals surface area contributed by atoms with Crippen molar-refractivity contribution < 1.29 is 68.5 Å². The molecule has 0 saturated carbocycles. The Balaban J connectivity index is 1.17. The smallest absolute Gasteiger partial charge is 0.353 e. The number of carbonyl (C=O) groups excluding carboxylic acids is 3. The van der Waals surface area contributed by atoms with Gasteiger partial charge in [0.05, 0.1) is 23.9 Å². The molecule has 2 bridgehead atoms. The Bertz CT molecular complexity index is 1710. The van der Waals surface area contributed by atoms with Crippen LogP contribution in [0.5, 0.6) is 11.5 Å². The number of esters is 3. The number of carboxylic acids is 2. The van der Waals surface area contributed by atoms with Gasteiger partial charge in [0.15, 0.2) is 23.7 Å². The fourth-order valence-corrected chi connectivity index (χ4v) is 7.47. The average molecular weight is 668 g/mol. The van der Waals surface area contributed by atoms with Gasteiger partial charge < -0.3 is 49.4 Å². The molecule has 2 aliphatic heterocycles. The van der Waals surface area contributed by atoms with E-state index in [2.05, 4.69) is 4.90 Å². The highest BCUT2D eigenvalue weighted by Crippen LogP contribution is 2.65. The van der Waals surface area contributed by atoms with Crippen LogP contribution in [-0.4, -0.2) is 104 Å². The van der Waals surface area contributed by atoms with E-state index in [1.54, 1.807) is 12.1 Å². The lowest BCUT2D eigenvalue weighted by Crippen LogP contribution is -2.74. The van der Waals surface area contributed by atoms with E-state index in [1.807, 2.05) is 7.05 Å². The summed E-state index contributed by atoms with van der Waals surface area (Å²) in [6.07, 6.45) is -6.54. The molecule has 0 radical (unpaired) electrons. The van der Waals surface area contributed by atoms with Crippen LogP contribution in [0, 0.1) is 0 Å². The zero-order valence-electron chi connectivity index (χ0n) is 25.6. The Hall–Kier alpha value is -4.99. The van der Waals surface area contributed by atoms with E-state index >= 15 is 0 Å². The van der Waals surface area contributed by atoms with Crippen LogP contribution < -0.4 is 4.74 Å². The first kappa shape index (κ1) is 32.9. The Morgan fingerprint density at radius 3 is 2.44 bits per heavy atom. The maximum atomic E-state index is 13.1. The third-order valence-corrected chi connectivity index (χ3v) is 9.66. The van der Waals surface area contributed by atoms with Crippen molar-refractivity contribution in [2.24, 2.45) is 0 Å². The lowest BCUT2D eigenvalue weighted by molar-refractivity contribution is -0.183. The quantitative estimate of drug-likeness (QED) is 0.164. The lowest BCUT2D eigenvalue weighted by Gasteiger charge is -2.61. The van der Waals surface area contributed by atoms with Gasteiger partial charge in [-0.05, 0) is 44.1 Å². The van der Waals surface area contributed by atoms with Crippen molar-refractivity contribution in [3.63, 3.8) is 0 Å². The monoisotopic (exact) mass is 667 g/mol. The summed E-state index contributed by atoms with van der Waals surface area (Å²) in [5.41, 5.74) is -0.737. The van der Waals surface area contributed by atoms with E-state index in [9.17, 15) is 44.4 Å². The minimum Gasteiger partial charge on any atom is -0.504 e. The summed E-state index contributed by atoms with van der Waals surface area (Å²) >= 11 is 0. The summed E-state index contributed by atoms with van der Waals surface area (Å²) in [4.78, 5) is 63.5. The standard InChI is InChI=1S/C33H33NO14/c1-34-12-11-32-25-17-7-8-18(35)27(25)47-28(32)20(9-10-33(32,44)22(34)13-17)45-24(39)14-19(36)30(42)48-26(16-5-3-2-4-6-16)31(43)46-21(29(40)41)15-23(37)38/h2-9,19,21-22,26,28,35-36,44H,10-15H2,1H3,(H,37,38)(H,40,41)/t19-,21-,22-,26-,28-,32-,33+/m0/s1. The second-order valence-electron chi connectivity index (χ2n) is 12.4. The molecule has 5 N–H and O–H groups in total. The Kier molecular flexibility index (Phi) is 8.39. The number of ether oxygens (including phenoxy) is 4. The third kappa shape index (κ3) is 5.33. The van der Waals surface area contributed by atoms with E-state index in [1.165, 1.54) is 36.4 Å². The number of aromatic hydroxyl groups is 1. The topological polar surface area (TPSA) is 227 Å². The number of hydrogen-bond acceptors (Lipinski definition) is 13. The van der Waals surface area contributed by atoms with Gasteiger partial charge >= 0.3 is 29.8 Å². The molecule has 254 valence electrons. The highest BCUT2D eigenvalue weighted by molar-refractivity contribution is 5.87. The number of phenols is 1. The number of aliphatic carboxylic acids is 2. The minimum absolute atomic E-state index is 0.0219. The van der Waals surface area contributed by atoms with Gasteiger partial charge in [0.2, 0.25) is 12.2 Å². The predicted octanol–water partition coefficient (Wildman–Crippen LogP) is 0.720. The molecule has 1 fully saturated rings. The summed E-state index contributed by atoms with van der Waals surface area (Å²) in [5.74, 6) is -7.10. The van der Waals surface area contributed by atoms with Crippen molar-refractivity contribution in [1.82, 2.24) is 4.90 Å². The van der Waals surface area contributed by atoms with Crippen molar-refractivity contribution in [3.8, 4) is 11.5 Å². The summed E-state index contributed by atoms with van der Waals surface area (Å²) in [6.45, 7) is 0.599. The largest absolute Gasteiger partial charge is 0.504 e. The second kappa shape index (κ2) is 12.2. The van der Waals surface area contributed by atoms with Gasteiger partial charge in [0.1, 0.15) is 5.76 Å².